The van der Waals surface area contributed by atoms with Crippen molar-refractivity contribution in [3.05, 3.63) is 65.5 Å². The normalized spacial score (nSPS) is 15.5. The molecule has 1 saturated heterocycles. The summed E-state index contributed by atoms with van der Waals surface area (Å²) in [4.78, 5) is 32.6. The SMILES string of the molecule is Cc1cccc(C(=O)NC(C)c2nc3ccccc3n2CC(=O)N2CCCCCC2)c1. The van der Waals surface area contributed by atoms with Gasteiger partial charge >= 0.3 is 0 Å². The van der Waals surface area contributed by atoms with Crippen molar-refractivity contribution in [2.24, 2.45) is 0 Å². The van der Waals surface area contributed by atoms with Crippen LogP contribution in [0.5, 0.6) is 0 Å². The summed E-state index contributed by atoms with van der Waals surface area (Å²) in [5.41, 5.74) is 3.40. The van der Waals surface area contributed by atoms with Gasteiger partial charge in [0.15, 0.2) is 0 Å². The highest BCUT2D eigenvalue weighted by Gasteiger charge is 2.23. The van der Waals surface area contributed by atoms with Gasteiger partial charge in [-0.25, -0.2) is 4.98 Å². The molecule has 0 bridgehead atoms. The molecule has 1 fully saturated rings. The van der Waals surface area contributed by atoms with Crippen LogP contribution >= 0.6 is 0 Å². The van der Waals surface area contributed by atoms with Crippen LogP contribution in [0.2, 0.25) is 0 Å². The summed E-state index contributed by atoms with van der Waals surface area (Å²) in [6, 6.07) is 15.0. The minimum Gasteiger partial charge on any atom is -0.342 e. The summed E-state index contributed by atoms with van der Waals surface area (Å²) in [5, 5.41) is 3.06. The van der Waals surface area contributed by atoms with Crippen LogP contribution in [0.1, 0.15) is 60.4 Å². The van der Waals surface area contributed by atoms with E-state index in [1.54, 1.807) is 6.07 Å². The third-order valence-electron chi connectivity index (χ3n) is 5.95. The van der Waals surface area contributed by atoms with Gasteiger partial charge < -0.3 is 14.8 Å². The Hall–Kier alpha value is -3.15. The zero-order chi connectivity index (χ0) is 21.8. The standard InChI is InChI=1S/C25H30N4O2/c1-18-10-9-11-20(16-18)25(31)26-19(2)24-27-21-12-5-6-13-22(21)29(24)17-23(30)28-14-7-3-4-8-15-28/h5-6,9-13,16,19H,3-4,7-8,14-15,17H2,1-2H3,(H,26,31). The van der Waals surface area contributed by atoms with Crippen LogP contribution in [0.15, 0.2) is 48.5 Å². The highest BCUT2D eigenvalue weighted by Crippen LogP contribution is 2.22. The first kappa shape index (κ1) is 21.1. The van der Waals surface area contributed by atoms with E-state index in [4.69, 9.17) is 4.98 Å². The fourth-order valence-electron chi connectivity index (χ4n) is 4.28. The summed E-state index contributed by atoms with van der Waals surface area (Å²) in [7, 11) is 0. The molecule has 1 aromatic heterocycles. The van der Waals surface area contributed by atoms with Gasteiger partial charge in [-0.15, -0.1) is 0 Å². The van der Waals surface area contributed by atoms with E-state index >= 15 is 0 Å². The molecule has 1 aliphatic rings. The average molecular weight is 419 g/mol. The lowest BCUT2D eigenvalue weighted by Crippen LogP contribution is -2.36. The van der Waals surface area contributed by atoms with Crippen molar-refractivity contribution >= 4 is 22.8 Å². The third kappa shape index (κ3) is 4.79. The van der Waals surface area contributed by atoms with Gasteiger partial charge in [-0.2, -0.15) is 0 Å². The molecule has 6 nitrogen and oxygen atoms in total. The number of carbonyl (C=O) groups excluding carboxylic acids is 2. The first-order chi connectivity index (χ1) is 15.0. The number of para-hydroxylation sites is 2. The van der Waals surface area contributed by atoms with Crippen molar-refractivity contribution in [2.75, 3.05) is 13.1 Å². The van der Waals surface area contributed by atoms with E-state index in [1.165, 1.54) is 12.8 Å². The van der Waals surface area contributed by atoms with E-state index in [9.17, 15) is 9.59 Å². The molecular weight excluding hydrogens is 388 g/mol. The second-order valence-electron chi connectivity index (χ2n) is 8.40. The Morgan fingerprint density at radius 3 is 2.52 bits per heavy atom. The van der Waals surface area contributed by atoms with E-state index in [1.807, 2.05) is 65.8 Å². The number of carbonyl (C=O) groups is 2. The van der Waals surface area contributed by atoms with Crippen molar-refractivity contribution in [2.45, 2.75) is 52.1 Å². The molecule has 0 saturated carbocycles. The minimum atomic E-state index is -0.336. The Morgan fingerprint density at radius 1 is 1.03 bits per heavy atom. The van der Waals surface area contributed by atoms with E-state index in [2.05, 4.69) is 5.32 Å². The fourth-order valence-corrected chi connectivity index (χ4v) is 4.28. The molecule has 162 valence electrons. The summed E-state index contributed by atoms with van der Waals surface area (Å²) in [6.07, 6.45) is 4.49. The lowest BCUT2D eigenvalue weighted by Gasteiger charge is -2.22. The van der Waals surface area contributed by atoms with Crippen LogP contribution in [-0.2, 0) is 11.3 Å². The summed E-state index contributed by atoms with van der Waals surface area (Å²) < 4.78 is 1.96. The lowest BCUT2D eigenvalue weighted by molar-refractivity contribution is -0.131. The van der Waals surface area contributed by atoms with Gasteiger partial charge in [0.05, 0.1) is 17.1 Å². The van der Waals surface area contributed by atoms with Crippen LogP contribution in [0.25, 0.3) is 11.0 Å². The predicted molar refractivity (Wildman–Crippen MR) is 122 cm³/mol. The number of amides is 2. The number of imidazole rings is 1. The van der Waals surface area contributed by atoms with Crippen LogP contribution < -0.4 is 5.32 Å². The minimum absolute atomic E-state index is 0.114. The molecule has 0 aliphatic carbocycles. The zero-order valence-electron chi connectivity index (χ0n) is 18.3. The summed E-state index contributed by atoms with van der Waals surface area (Å²) in [5.74, 6) is 0.669. The van der Waals surface area contributed by atoms with Gasteiger partial charge in [0, 0.05) is 18.7 Å². The number of fused-ring (bicyclic) bond motifs is 1. The quantitative estimate of drug-likeness (QED) is 0.674. The van der Waals surface area contributed by atoms with Crippen molar-refractivity contribution in [1.82, 2.24) is 19.8 Å². The number of rotatable bonds is 5. The number of nitrogens with one attached hydrogen (secondary N) is 1. The molecule has 31 heavy (non-hydrogen) atoms. The highest BCUT2D eigenvalue weighted by atomic mass is 16.2. The number of benzene rings is 2. The van der Waals surface area contributed by atoms with Gasteiger partial charge in [-0.05, 0) is 51.0 Å². The Kier molecular flexibility index (Phi) is 6.35. The van der Waals surface area contributed by atoms with Crippen molar-refractivity contribution in [1.29, 1.82) is 0 Å². The molecular formula is C25H30N4O2. The highest BCUT2D eigenvalue weighted by molar-refractivity contribution is 5.94. The van der Waals surface area contributed by atoms with E-state index in [0.717, 1.165) is 42.5 Å². The van der Waals surface area contributed by atoms with Crippen LogP contribution in [0.4, 0.5) is 0 Å². The lowest BCUT2D eigenvalue weighted by atomic mass is 10.1. The van der Waals surface area contributed by atoms with Gasteiger partial charge in [0.2, 0.25) is 5.91 Å². The van der Waals surface area contributed by atoms with Crippen LogP contribution in [-0.4, -0.2) is 39.4 Å². The van der Waals surface area contributed by atoms with Crippen molar-refractivity contribution in [3.63, 3.8) is 0 Å². The second kappa shape index (κ2) is 9.33. The monoisotopic (exact) mass is 418 g/mol. The number of likely N-dealkylation sites (tertiary alicyclic amines) is 1. The van der Waals surface area contributed by atoms with E-state index in [-0.39, 0.29) is 24.4 Å². The van der Waals surface area contributed by atoms with Crippen LogP contribution in [0.3, 0.4) is 0 Å². The molecule has 0 spiro atoms. The molecule has 2 amide bonds. The average Bonchev–Trinajstić information content (AvgIpc) is 2.93. The van der Waals surface area contributed by atoms with Gasteiger partial charge in [-0.3, -0.25) is 9.59 Å². The molecule has 6 heteroatoms. The number of aryl methyl sites for hydroxylation is 1. The number of nitrogens with zero attached hydrogens (tertiary/aromatic N) is 3. The Bertz CT molecular complexity index is 1080. The number of hydrogen-bond donors (Lipinski definition) is 1. The third-order valence-corrected chi connectivity index (χ3v) is 5.95. The summed E-state index contributed by atoms with van der Waals surface area (Å²) >= 11 is 0. The van der Waals surface area contributed by atoms with Crippen molar-refractivity contribution < 1.29 is 9.59 Å². The smallest absolute Gasteiger partial charge is 0.251 e. The van der Waals surface area contributed by atoms with E-state index < -0.39 is 0 Å². The Balaban J connectivity index is 1.59. The Labute approximate surface area is 183 Å². The van der Waals surface area contributed by atoms with Gasteiger partial charge in [-0.1, -0.05) is 42.7 Å². The maximum atomic E-state index is 13.1. The zero-order valence-corrected chi connectivity index (χ0v) is 18.3. The van der Waals surface area contributed by atoms with Crippen LogP contribution in [0, 0.1) is 6.92 Å². The molecule has 1 atom stereocenters. The maximum Gasteiger partial charge on any atom is 0.251 e. The molecule has 2 aromatic carbocycles. The maximum absolute atomic E-state index is 13.1. The van der Waals surface area contributed by atoms with Gasteiger partial charge in [0.1, 0.15) is 12.4 Å². The topological polar surface area (TPSA) is 67.2 Å². The Morgan fingerprint density at radius 2 is 1.77 bits per heavy atom. The van der Waals surface area contributed by atoms with Crippen molar-refractivity contribution in [3.8, 4) is 0 Å². The predicted octanol–water partition coefficient (Wildman–Crippen LogP) is 4.24. The summed E-state index contributed by atoms with van der Waals surface area (Å²) in [6.45, 7) is 5.76. The molecule has 1 aliphatic heterocycles. The number of aromatic nitrogens is 2. The molecule has 2 heterocycles. The number of hydrogen-bond acceptors (Lipinski definition) is 3. The molecule has 1 N–H and O–H groups in total. The molecule has 1 unspecified atom stereocenters. The molecule has 4 rings (SSSR count). The first-order valence-corrected chi connectivity index (χ1v) is 11.1. The first-order valence-electron chi connectivity index (χ1n) is 11.1. The molecule has 0 radical (unpaired) electrons. The fraction of sp³-hybridized carbons (Fsp3) is 0.400. The van der Waals surface area contributed by atoms with Gasteiger partial charge in [0.25, 0.3) is 5.91 Å². The molecule has 3 aromatic rings. The largest absolute Gasteiger partial charge is 0.342 e. The van der Waals surface area contributed by atoms with E-state index in [0.29, 0.717) is 11.4 Å². The second-order valence-corrected chi connectivity index (χ2v) is 8.40.